The number of hydrogen-bond donors (Lipinski definition) is 0. The zero-order valence-corrected chi connectivity index (χ0v) is 16.4. The fraction of sp³-hybridized carbons (Fsp3) is 0.545. The van der Waals surface area contributed by atoms with Gasteiger partial charge in [-0.05, 0) is 44.0 Å². The molecule has 0 bridgehead atoms. The molecule has 2 aliphatic rings. The lowest BCUT2D eigenvalue weighted by Crippen LogP contribution is -2.51. The third kappa shape index (κ3) is 5.42. The molecule has 1 aromatic rings. The molecule has 0 radical (unpaired) electrons. The zero-order valence-electron chi connectivity index (χ0n) is 16.4. The normalized spacial score (nSPS) is 18.8. The van der Waals surface area contributed by atoms with Crippen LogP contribution >= 0.6 is 0 Å². The Balaban J connectivity index is 1.49. The molecule has 5 heteroatoms. The highest BCUT2D eigenvalue weighted by Crippen LogP contribution is 2.15. The number of rotatable bonds is 6. The molecule has 5 nitrogen and oxygen atoms in total. The first-order valence-electron chi connectivity index (χ1n) is 10.2. The van der Waals surface area contributed by atoms with Crippen molar-refractivity contribution in [2.75, 3.05) is 45.8 Å². The van der Waals surface area contributed by atoms with Gasteiger partial charge in [-0.3, -0.25) is 9.59 Å². The molecule has 0 saturated carbocycles. The van der Waals surface area contributed by atoms with E-state index in [9.17, 15) is 9.59 Å². The van der Waals surface area contributed by atoms with E-state index in [0.717, 1.165) is 30.8 Å². The van der Waals surface area contributed by atoms with Crippen LogP contribution in [0.2, 0.25) is 0 Å². The van der Waals surface area contributed by atoms with Crippen LogP contribution in [0.1, 0.15) is 38.2 Å². The average molecular weight is 370 g/mol. The van der Waals surface area contributed by atoms with Gasteiger partial charge in [0.05, 0.1) is 0 Å². The smallest absolute Gasteiger partial charge is 0.249 e. The third-order valence-corrected chi connectivity index (χ3v) is 5.56. The Labute approximate surface area is 162 Å². The summed E-state index contributed by atoms with van der Waals surface area (Å²) in [6.45, 7) is 7.69. The highest BCUT2D eigenvalue weighted by Gasteiger charge is 2.25. The number of carbonyl (C=O) groups excluding carboxylic acids is 2. The Morgan fingerprint density at radius 1 is 0.926 bits per heavy atom. The number of carbonyl (C=O) groups is 2. The third-order valence-electron chi connectivity index (χ3n) is 5.56. The van der Waals surface area contributed by atoms with Gasteiger partial charge in [0.25, 0.3) is 0 Å². The van der Waals surface area contributed by atoms with Gasteiger partial charge in [0.1, 0.15) is 0 Å². The van der Waals surface area contributed by atoms with Crippen molar-refractivity contribution in [3.05, 3.63) is 41.5 Å². The second-order valence-corrected chi connectivity index (χ2v) is 7.41. The molecule has 3 rings (SSSR count). The summed E-state index contributed by atoms with van der Waals surface area (Å²) >= 11 is 0. The number of piperazine rings is 1. The molecule has 2 saturated heterocycles. The fourth-order valence-electron chi connectivity index (χ4n) is 3.85. The van der Waals surface area contributed by atoms with Crippen LogP contribution in [0.3, 0.4) is 0 Å². The molecule has 146 valence electrons. The van der Waals surface area contributed by atoms with Crippen LogP contribution in [0.15, 0.2) is 35.9 Å². The van der Waals surface area contributed by atoms with Gasteiger partial charge in [0, 0.05) is 44.7 Å². The number of nitrogens with zero attached hydrogens (tertiary/aromatic N) is 3. The summed E-state index contributed by atoms with van der Waals surface area (Å²) in [5, 5.41) is 0. The highest BCUT2D eigenvalue weighted by molar-refractivity contribution is 5.98. The van der Waals surface area contributed by atoms with Crippen LogP contribution in [0.25, 0.3) is 6.08 Å². The topological polar surface area (TPSA) is 43.9 Å². The minimum absolute atomic E-state index is 0.102. The summed E-state index contributed by atoms with van der Waals surface area (Å²) in [5.74, 6) is 0.329. The molecule has 0 aliphatic carbocycles. The lowest BCUT2D eigenvalue weighted by Gasteiger charge is -2.35. The van der Waals surface area contributed by atoms with Gasteiger partial charge in [0.2, 0.25) is 11.8 Å². The fourth-order valence-corrected chi connectivity index (χ4v) is 3.85. The number of likely N-dealkylation sites (tertiary alicyclic amines) is 1. The second-order valence-electron chi connectivity index (χ2n) is 7.41. The summed E-state index contributed by atoms with van der Waals surface area (Å²) in [7, 11) is 0. The molecule has 0 spiro atoms. The van der Waals surface area contributed by atoms with Crippen LogP contribution in [0, 0.1) is 0 Å². The summed E-state index contributed by atoms with van der Waals surface area (Å²) in [4.78, 5) is 31.5. The Hall–Kier alpha value is -2.14. The minimum Gasteiger partial charge on any atom is -0.339 e. The van der Waals surface area contributed by atoms with E-state index in [-0.39, 0.29) is 11.8 Å². The molecule has 0 unspecified atom stereocenters. The van der Waals surface area contributed by atoms with E-state index in [1.54, 1.807) is 0 Å². The van der Waals surface area contributed by atoms with Gasteiger partial charge in [-0.2, -0.15) is 0 Å². The van der Waals surface area contributed by atoms with E-state index in [2.05, 4.69) is 4.90 Å². The van der Waals surface area contributed by atoms with E-state index in [1.165, 1.54) is 12.8 Å². The van der Waals surface area contributed by atoms with E-state index in [1.807, 2.05) is 53.1 Å². The molecular formula is C22H31N3O2. The van der Waals surface area contributed by atoms with E-state index >= 15 is 0 Å². The molecule has 2 fully saturated rings. The van der Waals surface area contributed by atoms with Gasteiger partial charge >= 0.3 is 0 Å². The quantitative estimate of drug-likeness (QED) is 0.724. The molecule has 2 heterocycles. The minimum atomic E-state index is 0.102. The van der Waals surface area contributed by atoms with Crippen molar-refractivity contribution in [3.8, 4) is 0 Å². The highest BCUT2D eigenvalue weighted by atomic mass is 16.2. The predicted octanol–water partition coefficient (Wildman–Crippen LogP) is 2.64. The van der Waals surface area contributed by atoms with Crippen molar-refractivity contribution in [2.45, 2.75) is 32.6 Å². The van der Waals surface area contributed by atoms with Crippen molar-refractivity contribution in [2.24, 2.45) is 0 Å². The molecule has 2 aliphatic heterocycles. The van der Waals surface area contributed by atoms with Gasteiger partial charge in [-0.15, -0.1) is 0 Å². The van der Waals surface area contributed by atoms with E-state index in [0.29, 0.717) is 39.0 Å². The summed E-state index contributed by atoms with van der Waals surface area (Å²) in [6, 6.07) is 9.97. The van der Waals surface area contributed by atoms with Crippen molar-refractivity contribution >= 4 is 17.9 Å². The Morgan fingerprint density at radius 2 is 1.56 bits per heavy atom. The molecule has 0 N–H and O–H groups in total. The van der Waals surface area contributed by atoms with Crippen molar-refractivity contribution < 1.29 is 9.59 Å². The summed E-state index contributed by atoms with van der Waals surface area (Å²) in [5.41, 5.74) is 1.88. The van der Waals surface area contributed by atoms with Crippen LogP contribution < -0.4 is 0 Å². The first-order chi connectivity index (χ1) is 13.2. The van der Waals surface area contributed by atoms with Crippen molar-refractivity contribution in [3.63, 3.8) is 0 Å². The molecule has 1 aromatic carbocycles. The maximum Gasteiger partial charge on any atom is 0.249 e. The zero-order chi connectivity index (χ0) is 19.1. The Morgan fingerprint density at radius 3 is 2.19 bits per heavy atom. The summed E-state index contributed by atoms with van der Waals surface area (Å²) < 4.78 is 0. The van der Waals surface area contributed by atoms with Crippen molar-refractivity contribution in [1.82, 2.24) is 14.7 Å². The van der Waals surface area contributed by atoms with E-state index < -0.39 is 0 Å². The second kappa shape index (κ2) is 9.70. The monoisotopic (exact) mass is 369 g/mol. The standard InChI is InChI=1S/C22H31N3O2/c1-2-20(18-19-8-4-3-5-9-19)22(27)25-16-14-24(15-17-25)21(26)10-13-23-11-6-7-12-23/h3-5,8-9,18H,2,6-7,10-17H2,1H3/b20-18+. The Bertz CT molecular complexity index is 657. The molecular weight excluding hydrogens is 338 g/mol. The lowest BCUT2D eigenvalue weighted by molar-refractivity contribution is -0.137. The van der Waals surface area contributed by atoms with Crippen LogP contribution in [-0.4, -0.2) is 72.3 Å². The SMILES string of the molecule is CC/C(=C\c1ccccc1)C(=O)N1CCN(C(=O)CCN2CCCC2)CC1. The maximum absolute atomic E-state index is 12.9. The number of benzene rings is 1. The lowest BCUT2D eigenvalue weighted by atomic mass is 10.1. The van der Waals surface area contributed by atoms with Gasteiger partial charge < -0.3 is 14.7 Å². The van der Waals surface area contributed by atoms with Gasteiger partial charge in [0.15, 0.2) is 0 Å². The first kappa shape index (κ1) is 19.6. The number of amides is 2. The van der Waals surface area contributed by atoms with E-state index in [4.69, 9.17) is 0 Å². The molecule has 27 heavy (non-hydrogen) atoms. The van der Waals surface area contributed by atoms with Crippen LogP contribution in [0.4, 0.5) is 0 Å². The predicted molar refractivity (Wildman–Crippen MR) is 108 cm³/mol. The van der Waals surface area contributed by atoms with Crippen LogP contribution in [-0.2, 0) is 9.59 Å². The van der Waals surface area contributed by atoms with Crippen LogP contribution in [0.5, 0.6) is 0 Å². The molecule has 2 amide bonds. The Kier molecular flexibility index (Phi) is 7.04. The molecule has 0 atom stereocenters. The largest absolute Gasteiger partial charge is 0.339 e. The van der Waals surface area contributed by atoms with Gasteiger partial charge in [-0.25, -0.2) is 0 Å². The maximum atomic E-state index is 12.9. The number of hydrogen-bond acceptors (Lipinski definition) is 3. The van der Waals surface area contributed by atoms with Crippen molar-refractivity contribution in [1.29, 1.82) is 0 Å². The van der Waals surface area contributed by atoms with Gasteiger partial charge in [-0.1, -0.05) is 37.3 Å². The average Bonchev–Trinajstić information content (AvgIpc) is 3.24. The summed E-state index contributed by atoms with van der Waals surface area (Å²) in [6.07, 6.45) is 5.80. The molecule has 0 aromatic heterocycles. The first-order valence-corrected chi connectivity index (χ1v) is 10.2.